The average Bonchev–Trinajstić information content (AvgIpc) is 2.45. The van der Waals surface area contributed by atoms with E-state index < -0.39 is 0 Å². The highest BCUT2D eigenvalue weighted by Gasteiger charge is 2.15. The highest BCUT2D eigenvalue weighted by molar-refractivity contribution is 5.80. The fraction of sp³-hybridized carbons (Fsp3) is 0.600. The third kappa shape index (κ3) is 5.13. The molecule has 1 heterocycles. The maximum absolute atomic E-state index is 11.9. The lowest BCUT2D eigenvalue weighted by molar-refractivity contribution is -0.127. The van der Waals surface area contributed by atoms with Crippen LogP contribution in [0.2, 0.25) is 0 Å². The number of nitrogens with two attached hydrogens (primary N) is 1. The van der Waals surface area contributed by atoms with Crippen molar-refractivity contribution in [1.82, 2.24) is 9.88 Å². The summed E-state index contributed by atoms with van der Waals surface area (Å²) in [5.74, 6) is 1.19. The molecule has 2 N–H and O–H groups in total. The largest absolute Gasteiger partial charge is 0.476 e. The molecule has 1 aromatic rings. The quantitative estimate of drug-likeness (QED) is 0.791. The van der Waals surface area contributed by atoms with E-state index in [2.05, 4.69) is 11.9 Å². The Kier molecular flexibility index (Phi) is 6.78. The number of anilines is 2. The molecule has 0 aliphatic rings. The molecule has 1 aromatic heterocycles. The summed E-state index contributed by atoms with van der Waals surface area (Å²) in [6.07, 6.45) is 1.82. The topological polar surface area (TPSA) is 71.7 Å². The Labute approximate surface area is 126 Å². The molecule has 0 fully saturated rings. The van der Waals surface area contributed by atoms with Crippen LogP contribution in [0.3, 0.4) is 0 Å². The van der Waals surface area contributed by atoms with Gasteiger partial charge in [-0.3, -0.25) is 4.79 Å². The molecule has 0 unspecified atom stereocenters. The predicted molar refractivity (Wildman–Crippen MR) is 85.6 cm³/mol. The monoisotopic (exact) mass is 294 g/mol. The van der Waals surface area contributed by atoms with Gasteiger partial charge in [-0.15, -0.1) is 0 Å². The summed E-state index contributed by atoms with van der Waals surface area (Å²) in [6, 6.07) is 3.60. The average molecular weight is 294 g/mol. The Morgan fingerprint density at radius 2 is 2.00 bits per heavy atom. The number of carbonyl (C=O) groups excluding carboxylic acids is 1. The van der Waals surface area contributed by atoms with E-state index in [9.17, 15) is 4.79 Å². The second-order valence-corrected chi connectivity index (χ2v) is 5.12. The molecule has 1 rings (SSSR count). The highest BCUT2D eigenvalue weighted by atomic mass is 16.5. The van der Waals surface area contributed by atoms with E-state index in [0.717, 1.165) is 19.4 Å². The van der Waals surface area contributed by atoms with E-state index in [4.69, 9.17) is 10.5 Å². The minimum atomic E-state index is 0.0399. The Morgan fingerprint density at radius 3 is 2.57 bits per heavy atom. The normalized spacial score (nSPS) is 10.3. The van der Waals surface area contributed by atoms with Crippen molar-refractivity contribution in [2.75, 3.05) is 44.4 Å². The predicted octanol–water partition coefficient (Wildman–Crippen LogP) is 1.76. The molecule has 6 heteroatoms. The Bertz CT molecular complexity index is 463. The Morgan fingerprint density at radius 1 is 1.29 bits per heavy atom. The van der Waals surface area contributed by atoms with Crippen molar-refractivity contribution in [1.29, 1.82) is 0 Å². The standard InChI is InChI=1S/C15H26N4O2/c1-5-9-19(11-14(20)18(3)4)13-8-7-12(16)15(17-13)21-10-6-2/h7-8H,5-6,9-11,16H2,1-4H3. The molecular formula is C15H26N4O2. The van der Waals surface area contributed by atoms with Gasteiger partial charge in [0.25, 0.3) is 0 Å². The number of nitrogen functional groups attached to an aromatic ring is 1. The van der Waals surface area contributed by atoms with Gasteiger partial charge in [0.1, 0.15) is 5.82 Å². The van der Waals surface area contributed by atoms with E-state index in [1.165, 1.54) is 0 Å². The van der Waals surface area contributed by atoms with Crippen LogP contribution in [-0.2, 0) is 4.79 Å². The van der Waals surface area contributed by atoms with Gasteiger partial charge in [-0.25, -0.2) is 0 Å². The van der Waals surface area contributed by atoms with Crippen molar-refractivity contribution in [2.24, 2.45) is 0 Å². The van der Waals surface area contributed by atoms with Crippen molar-refractivity contribution in [3.63, 3.8) is 0 Å². The number of amides is 1. The molecule has 0 saturated heterocycles. The maximum Gasteiger partial charge on any atom is 0.241 e. The van der Waals surface area contributed by atoms with Gasteiger partial charge in [0, 0.05) is 20.6 Å². The number of rotatable bonds is 8. The number of pyridine rings is 1. The summed E-state index contributed by atoms with van der Waals surface area (Å²) < 4.78 is 5.55. The zero-order chi connectivity index (χ0) is 15.8. The van der Waals surface area contributed by atoms with Gasteiger partial charge in [0.15, 0.2) is 0 Å². The molecule has 0 bridgehead atoms. The van der Waals surface area contributed by atoms with Gasteiger partial charge in [-0.1, -0.05) is 13.8 Å². The number of aromatic nitrogens is 1. The second kappa shape index (κ2) is 8.34. The summed E-state index contributed by atoms with van der Waals surface area (Å²) in [6.45, 7) is 5.72. The van der Waals surface area contributed by atoms with Crippen LogP contribution in [0.1, 0.15) is 26.7 Å². The third-order valence-electron chi connectivity index (χ3n) is 2.96. The second-order valence-electron chi connectivity index (χ2n) is 5.12. The number of hydrogen-bond acceptors (Lipinski definition) is 5. The number of likely N-dealkylation sites (N-methyl/N-ethyl adjacent to an activating group) is 1. The van der Waals surface area contributed by atoms with Crippen molar-refractivity contribution in [3.8, 4) is 5.88 Å². The molecule has 0 aliphatic carbocycles. The van der Waals surface area contributed by atoms with Crippen molar-refractivity contribution in [2.45, 2.75) is 26.7 Å². The van der Waals surface area contributed by atoms with Crippen LogP contribution in [-0.4, -0.2) is 49.6 Å². The number of carbonyl (C=O) groups is 1. The zero-order valence-electron chi connectivity index (χ0n) is 13.4. The highest BCUT2D eigenvalue weighted by Crippen LogP contribution is 2.23. The first-order valence-corrected chi connectivity index (χ1v) is 7.34. The van der Waals surface area contributed by atoms with Gasteiger partial charge < -0.3 is 20.3 Å². The van der Waals surface area contributed by atoms with Gasteiger partial charge in [0.05, 0.1) is 18.8 Å². The van der Waals surface area contributed by atoms with E-state index in [0.29, 0.717) is 30.5 Å². The minimum Gasteiger partial charge on any atom is -0.476 e. The number of ether oxygens (including phenoxy) is 1. The molecule has 6 nitrogen and oxygen atoms in total. The first-order valence-electron chi connectivity index (χ1n) is 7.34. The van der Waals surface area contributed by atoms with Gasteiger partial charge >= 0.3 is 0 Å². The molecule has 21 heavy (non-hydrogen) atoms. The zero-order valence-corrected chi connectivity index (χ0v) is 13.4. The molecular weight excluding hydrogens is 268 g/mol. The van der Waals surface area contributed by atoms with Crippen molar-refractivity contribution >= 4 is 17.4 Å². The summed E-state index contributed by atoms with van der Waals surface area (Å²) in [7, 11) is 3.50. The summed E-state index contributed by atoms with van der Waals surface area (Å²) in [4.78, 5) is 19.9. The molecule has 0 aliphatic heterocycles. The summed E-state index contributed by atoms with van der Waals surface area (Å²) >= 11 is 0. The Hall–Kier alpha value is -1.98. The van der Waals surface area contributed by atoms with Crippen LogP contribution in [0.25, 0.3) is 0 Å². The summed E-state index contributed by atoms with van der Waals surface area (Å²) in [5.41, 5.74) is 6.39. The lowest BCUT2D eigenvalue weighted by Crippen LogP contribution is -2.37. The SMILES string of the molecule is CCCOc1nc(N(CCC)CC(=O)N(C)C)ccc1N. The lowest BCUT2D eigenvalue weighted by Gasteiger charge is -2.24. The fourth-order valence-electron chi connectivity index (χ4n) is 1.78. The third-order valence-corrected chi connectivity index (χ3v) is 2.96. The molecule has 0 aromatic carbocycles. The smallest absolute Gasteiger partial charge is 0.241 e. The maximum atomic E-state index is 11.9. The Balaban J connectivity index is 2.93. The van der Waals surface area contributed by atoms with Gasteiger partial charge in [-0.05, 0) is 25.0 Å². The first-order chi connectivity index (χ1) is 9.99. The van der Waals surface area contributed by atoms with Crippen LogP contribution < -0.4 is 15.4 Å². The van der Waals surface area contributed by atoms with Crippen LogP contribution in [0, 0.1) is 0 Å². The van der Waals surface area contributed by atoms with Crippen LogP contribution in [0.15, 0.2) is 12.1 Å². The molecule has 0 spiro atoms. The van der Waals surface area contributed by atoms with Crippen LogP contribution in [0.4, 0.5) is 11.5 Å². The molecule has 118 valence electrons. The molecule has 1 amide bonds. The minimum absolute atomic E-state index is 0.0399. The van der Waals surface area contributed by atoms with Gasteiger partial charge in [0.2, 0.25) is 11.8 Å². The molecule has 0 atom stereocenters. The lowest BCUT2D eigenvalue weighted by atomic mass is 10.3. The van der Waals surface area contributed by atoms with Crippen LogP contribution >= 0.6 is 0 Å². The van der Waals surface area contributed by atoms with Crippen molar-refractivity contribution < 1.29 is 9.53 Å². The van der Waals surface area contributed by atoms with Gasteiger partial charge in [-0.2, -0.15) is 4.98 Å². The van der Waals surface area contributed by atoms with E-state index in [1.54, 1.807) is 25.1 Å². The van der Waals surface area contributed by atoms with Crippen molar-refractivity contribution in [3.05, 3.63) is 12.1 Å². The number of hydrogen-bond donors (Lipinski definition) is 1. The fourth-order valence-corrected chi connectivity index (χ4v) is 1.78. The first kappa shape index (κ1) is 17.1. The number of nitrogens with zero attached hydrogens (tertiary/aromatic N) is 3. The molecule has 0 radical (unpaired) electrons. The van der Waals surface area contributed by atoms with E-state index in [1.807, 2.05) is 17.9 Å². The summed E-state index contributed by atoms with van der Waals surface area (Å²) in [5, 5.41) is 0. The van der Waals surface area contributed by atoms with E-state index >= 15 is 0 Å². The van der Waals surface area contributed by atoms with E-state index in [-0.39, 0.29) is 5.91 Å². The molecule has 0 saturated carbocycles. The van der Waals surface area contributed by atoms with Crippen LogP contribution in [0.5, 0.6) is 5.88 Å².